The zero-order valence-corrected chi connectivity index (χ0v) is 11.4. The molecule has 0 amide bonds. The highest BCUT2D eigenvalue weighted by Crippen LogP contribution is 2.17. The van der Waals surface area contributed by atoms with Crippen molar-refractivity contribution in [3.8, 4) is 5.75 Å². The van der Waals surface area contributed by atoms with Gasteiger partial charge in [0.15, 0.2) is 0 Å². The summed E-state index contributed by atoms with van der Waals surface area (Å²) in [6.45, 7) is 6.36. The van der Waals surface area contributed by atoms with Crippen LogP contribution < -0.4 is 10.1 Å². The Morgan fingerprint density at radius 1 is 1.22 bits per heavy atom. The monoisotopic (exact) mass is 251 g/mol. The third-order valence-electron chi connectivity index (χ3n) is 2.44. The first-order chi connectivity index (χ1) is 8.52. The lowest BCUT2D eigenvalue weighted by molar-refractivity contribution is -0.144. The van der Waals surface area contributed by atoms with Crippen LogP contribution in [-0.4, -0.2) is 25.7 Å². The quantitative estimate of drug-likeness (QED) is 0.790. The zero-order valence-electron chi connectivity index (χ0n) is 11.4. The number of carbonyl (C=O) groups excluding carboxylic acids is 1. The molecule has 0 fully saturated rings. The number of anilines is 1. The Hall–Kier alpha value is -1.71. The molecule has 4 nitrogen and oxygen atoms in total. The van der Waals surface area contributed by atoms with Gasteiger partial charge < -0.3 is 14.8 Å². The molecule has 1 aromatic carbocycles. The number of ether oxygens (including phenoxy) is 2. The van der Waals surface area contributed by atoms with Crippen LogP contribution in [0.25, 0.3) is 0 Å². The van der Waals surface area contributed by atoms with Gasteiger partial charge in [0.25, 0.3) is 0 Å². The molecule has 0 heterocycles. The van der Waals surface area contributed by atoms with Crippen LogP contribution in [0, 0.1) is 5.92 Å². The molecular formula is C14H21NO3. The molecule has 0 aliphatic heterocycles. The molecule has 1 unspecified atom stereocenters. The van der Waals surface area contributed by atoms with Crippen molar-refractivity contribution in [2.24, 2.45) is 5.92 Å². The molecule has 0 radical (unpaired) electrons. The fourth-order valence-corrected chi connectivity index (χ4v) is 1.48. The van der Waals surface area contributed by atoms with E-state index in [0.717, 1.165) is 11.4 Å². The van der Waals surface area contributed by atoms with E-state index in [4.69, 9.17) is 4.74 Å². The van der Waals surface area contributed by atoms with E-state index in [1.54, 1.807) is 0 Å². The molecule has 0 bridgehead atoms. The van der Waals surface area contributed by atoms with E-state index >= 15 is 0 Å². The van der Waals surface area contributed by atoms with Crippen molar-refractivity contribution in [3.63, 3.8) is 0 Å². The summed E-state index contributed by atoms with van der Waals surface area (Å²) in [7, 11) is 1.40. The van der Waals surface area contributed by atoms with Gasteiger partial charge in [-0.25, -0.2) is 0 Å². The molecule has 0 aliphatic rings. The molecule has 0 spiro atoms. The van der Waals surface area contributed by atoms with Gasteiger partial charge in [-0.15, -0.1) is 0 Å². The van der Waals surface area contributed by atoms with Gasteiger partial charge in [-0.2, -0.15) is 0 Å². The van der Waals surface area contributed by atoms with Crippen LogP contribution in [0.15, 0.2) is 24.3 Å². The van der Waals surface area contributed by atoms with Gasteiger partial charge in [0, 0.05) is 12.2 Å². The maximum Gasteiger partial charge on any atom is 0.310 e. The highest BCUT2D eigenvalue weighted by atomic mass is 16.5. The molecule has 1 aromatic rings. The van der Waals surface area contributed by atoms with Crippen molar-refractivity contribution >= 4 is 11.7 Å². The Morgan fingerprint density at radius 3 is 2.33 bits per heavy atom. The summed E-state index contributed by atoms with van der Waals surface area (Å²) in [6.07, 6.45) is 0.170. The van der Waals surface area contributed by atoms with Gasteiger partial charge in [0.2, 0.25) is 0 Å². The maximum atomic E-state index is 11.2. The fourth-order valence-electron chi connectivity index (χ4n) is 1.48. The number of hydrogen-bond donors (Lipinski definition) is 1. The second-order valence-corrected chi connectivity index (χ2v) is 4.50. The first kappa shape index (κ1) is 14.4. The number of benzene rings is 1. The van der Waals surface area contributed by atoms with Crippen LogP contribution in [-0.2, 0) is 9.53 Å². The number of methoxy groups -OCH3 is 1. The minimum absolute atomic E-state index is 0.165. The first-order valence-corrected chi connectivity index (χ1v) is 6.11. The number of nitrogens with one attached hydrogen (secondary N) is 1. The molecule has 100 valence electrons. The number of esters is 1. The average Bonchev–Trinajstić information content (AvgIpc) is 2.36. The molecule has 0 aromatic heterocycles. The summed E-state index contributed by atoms with van der Waals surface area (Å²) in [5, 5.41) is 3.18. The van der Waals surface area contributed by atoms with Gasteiger partial charge in [-0.1, -0.05) is 6.92 Å². The molecule has 18 heavy (non-hydrogen) atoms. The van der Waals surface area contributed by atoms with Gasteiger partial charge in [0.1, 0.15) is 5.75 Å². The van der Waals surface area contributed by atoms with E-state index in [9.17, 15) is 4.79 Å². The highest BCUT2D eigenvalue weighted by Gasteiger charge is 2.12. The van der Waals surface area contributed by atoms with Crippen LogP contribution in [0.3, 0.4) is 0 Å². The standard InChI is InChI=1S/C14H21NO3/c1-10(2)18-13-7-5-12(6-8-13)15-9-11(3)14(16)17-4/h5-8,10-11,15H,9H2,1-4H3. The highest BCUT2D eigenvalue weighted by molar-refractivity contribution is 5.72. The lowest BCUT2D eigenvalue weighted by atomic mass is 10.2. The minimum Gasteiger partial charge on any atom is -0.491 e. The van der Waals surface area contributed by atoms with Gasteiger partial charge in [0.05, 0.1) is 19.1 Å². The second kappa shape index (κ2) is 6.89. The maximum absolute atomic E-state index is 11.2. The Bertz CT molecular complexity index is 373. The van der Waals surface area contributed by atoms with Gasteiger partial charge in [-0.3, -0.25) is 4.79 Å². The molecule has 1 rings (SSSR count). The Morgan fingerprint density at radius 2 is 1.83 bits per heavy atom. The normalized spacial score (nSPS) is 12.1. The van der Waals surface area contributed by atoms with E-state index in [1.165, 1.54) is 7.11 Å². The van der Waals surface area contributed by atoms with E-state index in [0.29, 0.717) is 6.54 Å². The summed E-state index contributed by atoms with van der Waals surface area (Å²) in [6, 6.07) is 7.68. The number of rotatable bonds is 6. The van der Waals surface area contributed by atoms with E-state index in [-0.39, 0.29) is 18.0 Å². The number of carbonyl (C=O) groups is 1. The van der Waals surface area contributed by atoms with Crippen molar-refractivity contribution in [1.82, 2.24) is 0 Å². The lowest BCUT2D eigenvalue weighted by Crippen LogP contribution is -2.21. The summed E-state index contributed by atoms with van der Waals surface area (Å²) in [4.78, 5) is 11.2. The largest absolute Gasteiger partial charge is 0.491 e. The smallest absolute Gasteiger partial charge is 0.310 e. The minimum atomic E-state index is -0.206. The molecule has 0 aliphatic carbocycles. The topological polar surface area (TPSA) is 47.6 Å². The van der Waals surface area contributed by atoms with Crippen LogP contribution >= 0.6 is 0 Å². The van der Waals surface area contributed by atoms with E-state index in [1.807, 2.05) is 45.0 Å². The third kappa shape index (κ3) is 4.65. The Kier molecular flexibility index (Phi) is 5.49. The summed E-state index contributed by atoms with van der Waals surface area (Å²) >= 11 is 0. The van der Waals surface area contributed by atoms with Crippen LogP contribution in [0.1, 0.15) is 20.8 Å². The summed E-state index contributed by atoms with van der Waals surface area (Å²) in [5.74, 6) is 0.473. The third-order valence-corrected chi connectivity index (χ3v) is 2.44. The van der Waals surface area contributed by atoms with Gasteiger partial charge >= 0.3 is 5.97 Å². The van der Waals surface area contributed by atoms with Crippen LogP contribution in [0.5, 0.6) is 5.75 Å². The molecule has 4 heteroatoms. The first-order valence-electron chi connectivity index (χ1n) is 6.11. The molecule has 0 saturated heterocycles. The fraction of sp³-hybridized carbons (Fsp3) is 0.500. The molecule has 1 N–H and O–H groups in total. The van der Waals surface area contributed by atoms with Crippen LogP contribution in [0.4, 0.5) is 5.69 Å². The van der Waals surface area contributed by atoms with E-state index < -0.39 is 0 Å². The van der Waals surface area contributed by atoms with Crippen molar-refractivity contribution in [3.05, 3.63) is 24.3 Å². The summed E-state index contributed by atoms with van der Waals surface area (Å²) in [5.41, 5.74) is 0.960. The zero-order chi connectivity index (χ0) is 13.5. The van der Waals surface area contributed by atoms with Crippen molar-refractivity contribution in [1.29, 1.82) is 0 Å². The Labute approximate surface area is 108 Å². The lowest BCUT2D eigenvalue weighted by Gasteiger charge is -2.13. The van der Waals surface area contributed by atoms with Crippen molar-refractivity contribution < 1.29 is 14.3 Å². The van der Waals surface area contributed by atoms with Crippen molar-refractivity contribution in [2.45, 2.75) is 26.9 Å². The summed E-state index contributed by atoms with van der Waals surface area (Å²) < 4.78 is 10.2. The molecular weight excluding hydrogens is 230 g/mol. The predicted octanol–water partition coefficient (Wildman–Crippen LogP) is 2.69. The van der Waals surface area contributed by atoms with Crippen LogP contribution in [0.2, 0.25) is 0 Å². The van der Waals surface area contributed by atoms with Gasteiger partial charge in [-0.05, 0) is 38.1 Å². The SMILES string of the molecule is COC(=O)C(C)CNc1ccc(OC(C)C)cc1. The average molecular weight is 251 g/mol. The second-order valence-electron chi connectivity index (χ2n) is 4.50. The predicted molar refractivity (Wildman–Crippen MR) is 71.9 cm³/mol. The number of hydrogen-bond acceptors (Lipinski definition) is 4. The molecule has 1 atom stereocenters. The van der Waals surface area contributed by atoms with Crippen molar-refractivity contribution in [2.75, 3.05) is 19.0 Å². The Balaban J connectivity index is 2.46. The van der Waals surface area contributed by atoms with E-state index in [2.05, 4.69) is 10.1 Å². The molecule has 0 saturated carbocycles.